The van der Waals surface area contributed by atoms with Crippen molar-refractivity contribution in [3.05, 3.63) is 28.3 Å². The van der Waals surface area contributed by atoms with Crippen LogP contribution in [0.5, 0.6) is 0 Å². The number of methoxy groups -OCH3 is 1. The van der Waals surface area contributed by atoms with Crippen LogP contribution in [0, 0.1) is 11.3 Å². The third-order valence-electron chi connectivity index (χ3n) is 1.61. The molecule has 0 aliphatic rings. The normalized spacial score (nSPS) is 9.29. The van der Waals surface area contributed by atoms with E-state index in [4.69, 9.17) is 16.9 Å². The summed E-state index contributed by atoms with van der Waals surface area (Å²) in [5.41, 5.74) is 0.532. The third-order valence-corrected chi connectivity index (χ3v) is 2.29. The van der Waals surface area contributed by atoms with E-state index in [1.54, 1.807) is 0 Å². The number of hydrogen-bond donors (Lipinski definition) is 1. The molecule has 0 unspecified atom stereocenters. The Bertz CT molecular complexity index is 426. The molecule has 0 saturated carbocycles. The number of benzene rings is 1. The Balaban J connectivity index is 3.30. The quantitative estimate of drug-likeness (QED) is 0.592. The van der Waals surface area contributed by atoms with Crippen LogP contribution in [0.25, 0.3) is 0 Å². The fourth-order valence-electron chi connectivity index (χ4n) is 0.918. The molecule has 0 aliphatic carbocycles. The van der Waals surface area contributed by atoms with Gasteiger partial charge in [-0.2, -0.15) is 5.26 Å². The SMILES string of the molecule is COC(=O)c1cc(S)c(C#N)cc1Cl. The Hall–Kier alpha value is -1.18. The highest BCUT2D eigenvalue weighted by molar-refractivity contribution is 7.80. The molecule has 1 aromatic rings. The summed E-state index contributed by atoms with van der Waals surface area (Å²) < 4.78 is 4.51. The van der Waals surface area contributed by atoms with Gasteiger partial charge >= 0.3 is 5.97 Å². The molecule has 0 aromatic heterocycles. The summed E-state index contributed by atoms with van der Waals surface area (Å²) >= 11 is 9.81. The summed E-state index contributed by atoms with van der Waals surface area (Å²) in [6.07, 6.45) is 0. The van der Waals surface area contributed by atoms with E-state index < -0.39 is 5.97 Å². The van der Waals surface area contributed by atoms with Crippen molar-refractivity contribution >= 4 is 30.2 Å². The number of hydrogen-bond acceptors (Lipinski definition) is 4. The first-order chi connectivity index (χ1) is 6.60. The lowest BCUT2D eigenvalue weighted by Gasteiger charge is -2.04. The van der Waals surface area contributed by atoms with Gasteiger partial charge in [0, 0.05) is 4.90 Å². The Morgan fingerprint density at radius 2 is 2.29 bits per heavy atom. The molecule has 0 heterocycles. The maximum Gasteiger partial charge on any atom is 0.339 e. The number of rotatable bonds is 1. The number of nitrogens with zero attached hydrogens (tertiary/aromatic N) is 1. The van der Waals surface area contributed by atoms with Crippen molar-refractivity contribution in [1.82, 2.24) is 0 Å². The topological polar surface area (TPSA) is 50.1 Å². The van der Waals surface area contributed by atoms with Gasteiger partial charge in [0.25, 0.3) is 0 Å². The van der Waals surface area contributed by atoms with Crippen LogP contribution in [0.3, 0.4) is 0 Å². The van der Waals surface area contributed by atoms with Crippen molar-refractivity contribution < 1.29 is 9.53 Å². The number of halogens is 1. The zero-order chi connectivity index (χ0) is 10.7. The predicted molar refractivity (Wildman–Crippen MR) is 54.8 cm³/mol. The summed E-state index contributed by atoms with van der Waals surface area (Å²) in [7, 11) is 1.26. The molecule has 0 atom stereocenters. The van der Waals surface area contributed by atoms with Crippen LogP contribution >= 0.6 is 24.2 Å². The van der Waals surface area contributed by atoms with Crippen molar-refractivity contribution in [3.63, 3.8) is 0 Å². The molecule has 14 heavy (non-hydrogen) atoms. The highest BCUT2D eigenvalue weighted by Crippen LogP contribution is 2.24. The fourth-order valence-corrected chi connectivity index (χ4v) is 1.40. The van der Waals surface area contributed by atoms with Gasteiger partial charge < -0.3 is 4.74 Å². The van der Waals surface area contributed by atoms with Crippen LogP contribution in [0.1, 0.15) is 15.9 Å². The van der Waals surface area contributed by atoms with Crippen LogP contribution < -0.4 is 0 Å². The van der Waals surface area contributed by atoms with Crippen molar-refractivity contribution in [2.24, 2.45) is 0 Å². The van der Waals surface area contributed by atoms with Crippen LogP contribution in [0.2, 0.25) is 5.02 Å². The van der Waals surface area contributed by atoms with Gasteiger partial charge in [-0.25, -0.2) is 4.79 Å². The first-order valence-corrected chi connectivity index (χ1v) is 4.43. The van der Waals surface area contributed by atoms with E-state index in [0.717, 1.165) is 0 Å². The smallest absolute Gasteiger partial charge is 0.339 e. The summed E-state index contributed by atoms with van der Waals surface area (Å²) in [5, 5.41) is 8.84. The highest BCUT2D eigenvalue weighted by atomic mass is 35.5. The molecular weight excluding hydrogens is 222 g/mol. The minimum absolute atomic E-state index is 0.186. The lowest BCUT2D eigenvalue weighted by Crippen LogP contribution is -2.02. The van der Waals surface area contributed by atoms with Gasteiger partial charge in [-0.1, -0.05) is 11.6 Å². The van der Waals surface area contributed by atoms with Gasteiger partial charge in [0.15, 0.2) is 0 Å². The molecular formula is C9H6ClNO2S. The van der Waals surface area contributed by atoms with E-state index in [-0.39, 0.29) is 10.6 Å². The van der Waals surface area contributed by atoms with Gasteiger partial charge in [-0.3, -0.25) is 0 Å². The second-order valence-corrected chi connectivity index (χ2v) is 3.34. The van der Waals surface area contributed by atoms with Crippen LogP contribution in [0.15, 0.2) is 17.0 Å². The van der Waals surface area contributed by atoms with Crippen LogP contribution in [0.4, 0.5) is 0 Å². The Kier molecular flexibility index (Phi) is 3.39. The van der Waals surface area contributed by atoms with Crippen molar-refractivity contribution in [2.75, 3.05) is 7.11 Å². The molecule has 0 bridgehead atoms. The largest absolute Gasteiger partial charge is 0.465 e. The second-order valence-electron chi connectivity index (χ2n) is 2.45. The van der Waals surface area contributed by atoms with Gasteiger partial charge in [-0.15, -0.1) is 12.6 Å². The van der Waals surface area contributed by atoms with Crippen molar-refractivity contribution in [1.29, 1.82) is 5.26 Å². The van der Waals surface area contributed by atoms with E-state index in [2.05, 4.69) is 17.4 Å². The van der Waals surface area contributed by atoms with E-state index in [1.165, 1.54) is 19.2 Å². The number of esters is 1. The Labute approximate surface area is 91.7 Å². The summed E-state index contributed by atoms with van der Waals surface area (Å²) in [4.78, 5) is 11.6. The van der Waals surface area contributed by atoms with E-state index in [0.29, 0.717) is 10.5 Å². The van der Waals surface area contributed by atoms with Crippen LogP contribution in [-0.4, -0.2) is 13.1 Å². The molecule has 0 aliphatic heterocycles. The number of ether oxygens (including phenoxy) is 1. The molecule has 72 valence electrons. The second kappa shape index (κ2) is 4.36. The summed E-state index contributed by atoms with van der Waals surface area (Å²) in [5.74, 6) is -0.546. The van der Waals surface area contributed by atoms with Crippen LogP contribution in [-0.2, 0) is 4.74 Å². The fraction of sp³-hybridized carbons (Fsp3) is 0.111. The lowest BCUT2D eigenvalue weighted by molar-refractivity contribution is 0.0600. The van der Waals surface area contributed by atoms with Gasteiger partial charge in [0.1, 0.15) is 6.07 Å². The zero-order valence-electron chi connectivity index (χ0n) is 7.24. The zero-order valence-corrected chi connectivity index (χ0v) is 8.89. The average molecular weight is 228 g/mol. The molecule has 5 heteroatoms. The molecule has 0 radical (unpaired) electrons. The minimum atomic E-state index is -0.546. The van der Waals surface area contributed by atoms with Gasteiger partial charge in [0.05, 0.1) is 23.3 Å². The molecule has 0 saturated heterocycles. The predicted octanol–water partition coefficient (Wildman–Crippen LogP) is 2.29. The number of carbonyl (C=O) groups is 1. The lowest BCUT2D eigenvalue weighted by atomic mass is 10.1. The monoisotopic (exact) mass is 227 g/mol. The van der Waals surface area contributed by atoms with Gasteiger partial charge in [0.2, 0.25) is 0 Å². The highest BCUT2D eigenvalue weighted by Gasteiger charge is 2.13. The maximum atomic E-state index is 11.2. The molecule has 0 N–H and O–H groups in total. The molecule has 0 fully saturated rings. The molecule has 1 rings (SSSR count). The summed E-state index contributed by atoms with van der Waals surface area (Å²) in [6, 6.07) is 4.70. The average Bonchev–Trinajstić information content (AvgIpc) is 2.19. The first-order valence-electron chi connectivity index (χ1n) is 3.61. The number of thiol groups is 1. The maximum absolute atomic E-state index is 11.2. The number of carbonyl (C=O) groups excluding carboxylic acids is 1. The standard InChI is InChI=1S/C9H6ClNO2S/c1-13-9(12)6-3-8(14)5(4-11)2-7(6)10/h2-3,14H,1H3. The first kappa shape index (κ1) is 10.9. The van der Waals surface area contributed by atoms with E-state index >= 15 is 0 Å². The Morgan fingerprint density at radius 3 is 2.79 bits per heavy atom. The molecule has 1 aromatic carbocycles. The van der Waals surface area contributed by atoms with Crippen molar-refractivity contribution in [2.45, 2.75) is 4.90 Å². The van der Waals surface area contributed by atoms with Gasteiger partial charge in [-0.05, 0) is 12.1 Å². The summed E-state index contributed by atoms with van der Waals surface area (Å²) in [6.45, 7) is 0. The van der Waals surface area contributed by atoms with Crippen molar-refractivity contribution in [3.8, 4) is 6.07 Å². The Morgan fingerprint density at radius 1 is 1.64 bits per heavy atom. The van der Waals surface area contributed by atoms with E-state index in [9.17, 15) is 4.79 Å². The third kappa shape index (κ3) is 2.00. The molecule has 3 nitrogen and oxygen atoms in total. The van der Waals surface area contributed by atoms with E-state index in [1.807, 2.05) is 6.07 Å². The molecule has 0 spiro atoms. The number of nitriles is 1. The molecule has 0 amide bonds. The minimum Gasteiger partial charge on any atom is -0.465 e.